The van der Waals surface area contributed by atoms with Crippen LogP contribution in [-0.4, -0.2) is 40.6 Å². The van der Waals surface area contributed by atoms with Crippen LogP contribution in [0.5, 0.6) is 0 Å². The number of hydrogen-bond acceptors (Lipinski definition) is 5. The van der Waals surface area contributed by atoms with Crippen LogP contribution in [0.4, 0.5) is 10.5 Å². The molecule has 7 heteroatoms. The van der Waals surface area contributed by atoms with E-state index in [2.05, 4.69) is 10.3 Å². The van der Waals surface area contributed by atoms with Crippen molar-refractivity contribution in [2.45, 2.75) is 32.4 Å². The Morgan fingerprint density at radius 2 is 2.19 bits per heavy atom. The summed E-state index contributed by atoms with van der Waals surface area (Å²) >= 11 is 0. The highest BCUT2D eigenvalue weighted by Crippen LogP contribution is 2.25. The number of pyridine rings is 1. The molecule has 1 aliphatic heterocycles. The fourth-order valence-corrected chi connectivity index (χ4v) is 2.11. The smallest absolute Gasteiger partial charge is 0.411 e. The monoisotopic (exact) mass is 292 g/mol. The maximum absolute atomic E-state index is 12.3. The Bertz CT molecular complexity index is 553. The van der Waals surface area contributed by atoms with Gasteiger partial charge in [0.25, 0.3) is 0 Å². The van der Waals surface area contributed by atoms with Crippen LogP contribution in [0.15, 0.2) is 18.5 Å². The van der Waals surface area contributed by atoms with E-state index < -0.39 is 11.7 Å². The molecule has 1 aliphatic rings. The Kier molecular flexibility index (Phi) is 4.02. The Hall–Kier alpha value is -2.31. The van der Waals surface area contributed by atoms with Crippen molar-refractivity contribution in [3.8, 4) is 0 Å². The van der Waals surface area contributed by atoms with Gasteiger partial charge in [-0.2, -0.15) is 0 Å². The lowest BCUT2D eigenvalue weighted by Crippen LogP contribution is -2.53. The van der Waals surface area contributed by atoms with Gasteiger partial charge in [0.15, 0.2) is 0 Å². The van der Waals surface area contributed by atoms with E-state index in [1.54, 1.807) is 33.0 Å². The van der Waals surface area contributed by atoms with E-state index in [0.717, 1.165) is 5.56 Å². The van der Waals surface area contributed by atoms with E-state index in [1.807, 2.05) is 0 Å². The normalized spacial score (nSPS) is 19.1. The molecule has 0 unspecified atom stereocenters. The van der Waals surface area contributed by atoms with Gasteiger partial charge in [0.1, 0.15) is 12.1 Å². The summed E-state index contributed by atoms with van der Waals surface area (Å²) < 4.78 is 5.36. The van der Waals surface area contributed by atoms with Crippen LogP contribution < -0.4 is 11.1 Å². The molecular formula is C14H20N4O3. The van der Waals surface area contributed by atoms with Crippen LogP contribution in [0.2, 0.25) is 0 Å². The van der Waals surface area contributed by atoms with Crippen LogP contribution in [-0.2, 0) is 9.53 Å². The van der Waals surface area contributed by atoms with Crippen LogP contribution >= 0.6 is 0 Å². The quantitative estimate of drug-likeness (QED) is 0.807. The third kappa shape index (κ3) is 3.84. The maximum Gasteiger partial charge on any atom is 0.411 e. The minimum Gasteiger partial charge on any atom is -0.444 e. The van der Waals surface area contributed by atoms with Crippen molar-refractivity contribution in [1.82, 2.24) is 15.2 Å². The van der Waals surface area contributed by atoms with E-state index in [0.29, 0.717) is 12.2 Å². The average molecular weight is 292 g/mol. The van der Waals surface area contributed by atoms with Gasteiger partial charge in [-0.1, -0.05) is 0 Å². The van der Waals surface area contributed by atoms with Gasteiger partial charge in [0, 0.05) is 18.9 Å². The molecule has 1 atom stereocenters. The number of amides is 2. The molecular weight excluding hydrogens is 272 g/mol. The molecule has 0 spiro atoms. The summed E-state index contributed by atoms with van der Waals surface area (Å²) in [7, 11) is 0. The summed E-state index contributed by atoms with van der Waals surface area (Å²) in [5.74, 6) is -0.214. The third-order valence-corrected chi connectivity index (χ3v) is 2.98. The molecule has 0 radical (unpaired) electrons. The van der Waals surface area contributed by atoms with Gasteiger partial charge in [0.2, 0.25) is 5.91 Å². The highest BCUT2D eigenvalue weighted by atomic mass is 16.6. The fourth-order valence-electron chi connectivity index (χ4n) is 2.11. The summed E-state index contributed by atoms with van der Waals surface area (Å²) in [6.07, 6.45) is 2.64. The minimum atomic E-state index is -0.622. The number of rotatable bonds is 1. The van der Waals surface area contributed by atoms with Gasteiger partial charge < -0.3 is 15.8 Å². The van der Waals surface area contributed by atoms with Crippen molar-refractivity contribution in [2.75, 3.05) is 18.8 Å². The van der Waals surface area contributed by atoms with Crippen LogP contribution in [0.1, 0.15) is 32.4 Å². The van der Waals surface area contributed by atoms with Gasteiger partial charge in [-0.05, 0) is 32.4 Å². The van der Waals surface area contributed by atoms with Crippen molar-refractivity contribution in [3.63, 3.8) is 0 Å². The number of ether oxygens (including phenoxy) is 1. The number of aromatic nitrogens is 1. The third-order valence-electron chi connectivity index (χ3n) is 2.98. The van der Waals surface area contributed by atoms with E-state index in [4.69, 9.17) is 10.5 Å². The summed E-state index contributed by atoms with van der Waals surface area (Å²) in [6.45, 7) is 5.61. The summed E-state index contributed by atoms with van der Waals surface area (Å²) in [6, 6.07) is 1.40. The Balaban J connectivity index is 2.25. The van der Waals surface area contributed by atoms with Crippen molar-refractivity contribution < 1.29 is 14.3 Å². The number of carbonyl (C=O) groups is 2. The van der Waals surface area contributed by atoms with E-state index in [9.17, 15) is 9.59 Å². The lowest BCUT2D eigenvalue weighted by Gasteiger charge is -2.36. The molecule has 3 N–H and O–H groups in total. The fraction of sp³-hybridized carbons (Fsp3) is 0.500. The highest BCUT2D eigenvalue weighted by Gasteiger charge is 2.34. The number of anilines is 1. The van der Waals surface area contributed by atoms with Gasteiger partial charge in [-0.3, -0.25) is 14.7 Å². The predicted molar refractivity (Wildman–Crippen MR) is 77.3 cm³/mol. The first kappa shape index (κ1) is 15.1. The van der Waals surface area contributed by atoms with E-state index in [-0.39, 0.29) is 18.5 Å². The second-order valence-corrected chi connectivity index (χ2v) is 5.98. The lowest BCUT2D eigenvalue weighted by atomic mass is 10.1. The van der Waals surface area contributed by atoms with Crippen LogP contribution in [0.25, 0.3) is 0 Å². The summed E-state index contributed by atoms with van der Waals surface area (Å²) in [5.41, 5.74) is 6.38. The molecule has 1 saturated heterocycles. The number of piperazine rings is 1. The van der Waals surface area contributed by atoms with Gasteiger partial charge >= 0.3 is 6.09 Å². The van der Waals surface area contributed by atoms with Crippen molar-refractivity contribution in [1.29, 1.82) is 0 Å². The first-order valence-electron chi connectivity index (χ1n) is 6.73. The van der Waals surface area contributed by atoms with Crippen LogP contribution in [0.3, 0.4) is 0 Å². The van der Waals surface area contributed by atoms with E-state index in [1.165, 1.54) is 11.1 Å². The molecule has 0 aliphatic carbocycles. The molecule has 2 rings (SSSR count). The Labute approximate surface area is 123 Å². The van der Waals surface area contributed by atoms with Gasteiger partial charge in [-0.15, -0.1) is 0 Å². The lowest BCUT2D eigenvalue weighted by molar-refractivity contribution is -0.125. The molecule has 0 aromatic carbocycles. The molecule has 2 heterocycles. The number of nitrogens with zero attached hydrogens (tertiary/aromatic N) is 2. The minimum absolute atomic E-state index is 0.0472. The zero-order chi connectivity index (χ0) is 15.6. The molecule has 7 nitrogen and oxygen atoms in total. The van der Waals surface area contributed by atoms with Gasteiger partial charge in [-0.25, -0.2) is 4.79 Å². The van der Waals surface area contributed by atoms with Crippen LogP contribution in [0, 0.1) is 0 Å². The SMILES string of the molecule is CC(C)(C)OC(=O)N1CC(=O)NC[C@@H]1c1cncc(N)c1. The number of nitrogens with one attached hydrogen (secondary N) is 1. The number of nitrogen functional groups attached to an aromatic ring is 1. The zero-order valence-electron chi connectivity index (χ0n) is 12.4. The number of carbonyl (C=O) groups excluding carboxylic acids is 2. The second kappa shape index (κ2) is 5.59. The summed E-state index contributed by atoms with van der Waals surface area (Å²) in [5, 5.41) is 2.74. The highest BCUT2D eigenvalue weighted by molar-refractivity contribution is 5.84. The zero-order valence-corrected chi connectivity index (χ0v) is 12.4. The number of hydrogen-bond donors (Lipinski definition) is 2. The molecule has 114 valence electrons. The summed E-state index contributed by atoms with van der Waals surface area (Å²) in [4.78, 5) is 29.3. The van der Waals surface area contributed by atoms with Crippen molar-refractivity contribution in [2.24, 2.45) is 0 Å². The second-order valence-electron chi connectivity index (χ2n) is 5.98. The topological polar surface area (TPSA) is 97.5 Å². The Morgan fingerprint density at radius 1 is 1.48 bits per heavy atom. The maximum atomic E-state index is 12.3. The molecule has 21 heavy (non-hydrogen) atoms. The molecule has 2 amide bonds. The van der Waals surface area contributed by atoms with Crippen molar-refractivity contribution >= 4 is 17.7 Å². The first-order valence-corrected chi connectivity index (χ1v) is 6.73. The molecule has 0 bridgehead atoms. The molecule has 1 aromatic heterocycles. The molecule has 0 saturated carbocycles. The first-order chi connectivity index (χ1) is 9.76. The molecule has 1 fully saturated rings. The van der Waals surface area contributed by atoms with E-state index >= 15 is 0 Å². The van der Waals surface area contributed by atoms with Crippen molar-refractivity contribution in [3.05, 3.63) is 24.0 Å². The molecule has 1 aromatic rings. The number of nitrogens with two attached hydrogens (primary N) is 1. The average Bonchev–Trinajstić information content (AvgIpc) is 2.36. The van der Waals surface area contributed by atoms with Gasteiger partial charge in [0.05, 0.1) is 11.7 Å². The standard InChI is InChI=1S/C14H20N4O3/c1-14(2,3)21-13(20)18-8-12(19)17-7-11(18)9-4-10(15)6-16-5-9/h4-6,11H,7-8,15H2,1-3H3,(H,17,19)/t11-/m1/s1. The predicted octanol–water partition coefficient (Wildman–Crippen LogP) is 1.07. The largest absolute Gasteiger partial charge is 0.444 e. The Morgan fingerprint density at radius 3 is 2.81 bits per heavy atom.